The highest BCUT2D eigenvalue weighted by atomic mass is 32.2. The molecule has 1 heterocycles. The fourth-order valence-corrected chi connectivity index (χ4v) is 3.25. The summed E-state index contributed by atoms with van der Waals surface area (Å²) in [4.78, 5) is 0. The molecule has 88 valence electrons. The van der Waals surface area contributed by atoms with Crippen molar-refractivity contribution in [3.8, 4) is 5.75 Å². The maximum atomic E-state index is 9.42. The van der Waals surface area contributed by atoms with Crippen LogP contribution in [0.3, 0.4) is 0 Å². The Hall–Kier alpha value is -1.19. The molecule has 1 aliphatic rings. The molecule has 0 bridgehead atoms. The number of phenols is 1. The number of fused-ring (bicyclic) bond motifs is 1. The number of hydrogen-bond acceptors (Lipinski definition) is 3. The van der Waals surface area contributed by atoms with Gasteiger partial charge < -0.3 is 10.4 Å². The van der Waals surface area contributed by atoms with Crippen molar-refractivity contribution in [3.63, 3.8) is 0 Å². The van der Waals surface area contributed by atoms with Gasteiger partial charge in [-0.2, -0.15) is 0 Å². The number of rotatable bonds is 2. The summed E-state index contributed by atoms with van der Waals surface area (Å²) in [6.45, 7) is 0. The molecular formula is C14H15NOS. The van der Waals surface area contributed by atoms with E-state index in [0.717, 1.165) is 17.7 Å². The van der Waals surface area contributed by atoms with Gasteiger partial charge in [0, 0.05) is 17.7 Å². The Morgan fingerprint density at radius 2 is 2.00 bits per heavy atom. The van der Waals surface area contributed by atoms with Crippen LogP contribution in [0, 0.1) is 0 Å². The van der Waals surface area contributed by atoms with E-state index in [1.54, 1.807) is 6.07 Å². The maximum absolute atomic E-state index is 9.42. The highest BCUT2D eigenvalue weighted by molar-refractivity contribution is 7.99. The van der Waals surface area contributed by atoms with E-state index in [4.69, 9.17) is 0 Å². The van der Waals surface area contributed by atoms with Crippen LogP contribution in [0.25, 0.3) is 10.8 Å². The van der Waals surface area contributed by atoms with Crippen LogP contribution in [0.5, 0.6) is 5.75 Å². The molecule has 17 heavy (non-hydrogen) atoms. The van der Waals surface area contributed by atoms with E-state index in [-0.39, 0.29) is 0 Å². The van der Waals surface area contributed by atoms with Crippen molar-refractivity contribution < 1.29 is 5.11 Å². The Balaban J connectivity index is 1.88. The van der Waals surface area contributed by atoms with Crippen LogP contribution in [-0.2, 0) is 6.42 Å². The summed E-state index contributed by atoms with van der Waals surface area (Å²) in [5.41, 5.74) is 1.36. The summed E-state index contributed by atoms with van der Waals surface area (Å²) in [6.07, 6.45) is 1.09. The SMILES string of the molecule is Oc1ccc2cc(CC3CSCN3)ccc2c1. The second-order valence-corrected chi connectivity index (χ2v) is 5.52. The predicted octanol–water partition coefficient (Wildman–Crippen LogP) is 2.75. The molecule has 2 aromatic carbocycles. The Bertz CT molecular complexity index is 535. The van der Waals surface area contributed by atoms with Gasteiger partial charge in [-0.05, 0) is 34.9 Å². The average Bonchev–Trinajstić information content (AvgIpc) is 2.82. The number of benzene rings is 2. The molecular weight excluding hydrogens is 230 g/mol. The normalized spacial score (nSPS) is 19.9. The van der Waals surface area contributed by atoms with Gasteiger partial charge >= 0.3 is 0 Å². The molecule has 0 radical (unpaired) electrons. The van der Waals surface area contributed by atoms with Crippen LogP contribution >= 0.6 is 11.8 Å². The minimum absolute atomic E-state index is 0.333. The number of nitrogens with one attached hydrogen (secondary N) is 1. The molecule has 3 rings (SSSR count). The highest BCUT2D eigenvalue weighted by Gasteiger charge is 2.14. The summed E-state index contributed by atoms with van der Waals surface area (Å²) < 4.78 is 0. The van der Waals surface area contributed by atoms with Crippen LogP contribution in [0.1, 0.15) is 5.56 Å². The smallest absolute Gasteiger partial charge is 0.116 e. The van der Waals surface area contributed by atoms with Crippen molar-refractivity contribution >= 4 is 22.5 Å². The van der Waals surface area contributed by atoms with Gasteiger partial charge in [-0.25, -0.2) is 0 Å². The minimum Gasteiger partial charge on any atom is -0.508 e. The standard InChI is InChI=1S/C14H15NOS/c16-14-4-3-11-5-10(1-2-12(11)7-14)6-13-8-17-9-15-13/h1-5,7,13,15-16H,6,8-9H2. The molecule has 3 heteroatoms. The van der Waals surface area contributed by atoms with Crippen molar-refractivity contribution in [3.05, 3.63) is 42.0 Å². The van der Waals surface area contributed by atoms with Crippen molar-refractivity contribution in [2.24, 2.45) is 0 Å². The second-order valence-electron chi connectivity index (χ2n) is 4.49. The van der Waals surface area contributed by atoms with Crippen molar-refractivity contribution in [1.82, 2.24) is 5.32 Å². The zero-order valence-corrected chi connectivity index (χ0v) is 10.3. The second kappa shape index (κ2) is 4.59. The van der Waals surface area contributed by atoms with Crippen molar-refractivity contribution in [1.29, 1.82) is 0 Å². The monoisotopic (exact) mass is 245 g/mol. The lowest BCUT2D eigenvalue weighted by Crippen LogP contribution is -2.25. The molecule has 2 nitrogen and oxygen atoms in total. The first-order chi connectivity index (χ1) is 8.31. The average molecular weight is 245 g/mol. The van der Waals surface area contributed by atoms with Gasteiger partial charge in [-0.15, -0.1) is 11.8 Å². The fourth-order valence-electron chi connectivity index (χ4n) is 2.26. The van der Waals surface area contributed by atoms with E-state index >= 15 is 0 Å². The lowest BCUT2D eigenvalue weighted by atomic mass is 10.0. The highest BCUT2D eigenvalue weighted by Crippen LogP contribution is 2.22. The van der Waals surface area contributed by atoms with Gasteiger partial charge in [0.25, 0.3) is 0 Å². The first-order valence-corrected chi connectivity index (χ1v) is 6.99. The predicted molar refractivity (Wildman–Crippen MR) is 73.6 cm³/mol. The Morgan fingerprint density at radius 1 is 1.18 bits per heavy atom. The molecule has 1 atom stereocenters. The number of aromatic hydroxyl groups is 1. The van der Waals surface area contributed by atoms with Crippen LogP contribution in [0.4, 0.5) is 0 Å². The van der Waals surface area contributed by atoms with Gasteiger partial charge in [-0.3, -0.25) is 0 Å². The molecule has 2 N–H and O–H groups in total. The quantitative estimate of drug-likeness (QED) is 0.853. The summed E-state index contributed by atoms with van der Waals surface area (Å²) >= 11 is 1.96. The topological polar surface area (TPSA) is 32.3 Å². The van der Waals surface area contributed by atoms with Gasteiger partial charge in [0.2, 0.25) is 0 Å². The summed E-state index contributed by atoms with van der Waals surface area (Å²) in [5.74, 6) is 2.61. The molecule has 1 fully saturated rings. The zero-order chi connectivity index (χ0) is 11.7. The van der Waals surface area contributed by atoms with Gasteiger partial charge in [0.1, 0.15) is 5.75 Å². The van der Waals surface area contributed by atoms with Crippen molar-refractivity contribution in [2.75, 3.05) is 11.6 Å². The lowest BCUT2D eigenvalue weighted by Gasteiger charge is -2.10. The van der Waals surface area contributed by atoms with Crippen LogP contribution in [-0.4, -0.2) is 22.8 Å². The molecule has 2 aromatic rings. The fraction of sp³-hybridized carbons (Fsp3) is 0.286. The number of thioether (sulfide) groups is 1. The van der Waals surface area contributed by atoms with Crippen molar-refractivity contribution in [2.45, 2.75) is 12.5 Å². The van der Waals surface area contributed by atoms with Crippen LogP contribution in [0.15, 0.2) is 36.4 Å². The van der Waals surface area contributed by atoms with E-state index in [1.165, 1.54) is 16.7 Å². The molecule has 0 amide bonds. The third kappa shape index (κ3) is 2.40. The molecule has 0 aromatic heterocycles. The minimum atomic E-state index is 0.333. The van der Waals surface area contributed by atoms with E-state index in [9.17, 15) is 5.11 Å². The molecule has 0 spiro atoms. The third-order valence-electron chi connectivity index (χ3n) is 3.16. The van der Waals surface area contributed by atoms with E-state index in [2.05, 4.69) is 23.5 Å². The summed E-state index contributed by atoms with van der Waals surface area (Å²) in [7, 11) is 0. The third-order valence-corrected chi connectivity index (χ3v) is 4.17. The Labute approximate surface area is 105 Å². The van der Waals surface area contributed by atoms with Gasteiger partial charge in [0.05, 0.1) is 0 Å². The van der Waals surface area contributed by atoms with Gasteiger partial charge in [0.15, 0.2) is 0 Å². The number of hydrogen-bond donors (Lipinski definition) is 2. The van der Waals surface area contributed by atoms with E-state index in [0.29, 0.717) is 11.8 Å². The van der Waals surface area contributed by atoms with Crippen LogP contribution < -0.4 is 5.32 Å². The molecule has 1 saturated heterocycles. The molecule has 1 unspecified atom stereocenters. The summed E-state index contributed by atoms with van der Waals surface area (Å²) in [6, 6.07) is 12.6. The largest absolute Gasteiger partial charge is 0.508 e. The molecule has 1 aliphatic heterocycles. The van der Waals surface area contributed by atoms with E-state index < -0.39 is 0 Å². The number of phenolic OH excluding ortho intramolecular Hbond substituents is 1. The van der Waals surface area contributed by atoms with Crippen LogP contribution in [0.2, 0.25) is 0 Å². The Morgan fingerprint density at radius 3 is 2.82 bits per heavy atom. The maximum Gasteiger partial charge on any atom is 0.116 e. The Kier molecular flexibility index (Phi) is 2.95. The lowest BCUT2D eigenvalue weighted by molar-refractivity contribution is 0.476. The molecule has 0 aliphatic carbocycles. The molecule has 0 saturated carbocycles. The first-order valence-electron chi connectivity index (χ1n) is 5.84. The van der Waals surface area contributed by atoms with Gasteiger partial charge in [-0.1, -0.05) is 24.3 Å². The first kappa shape index (κ1) is 10.9. The van der Waals surface area contributed by atoms with E-state index in [1.807, 2.05) is 23.9 Å². The summed E-state index contributed by atoms with van der Waals surface area (Å²) in [5, 5.41) is 15.2. The zero-order valence-electron chi connectivity index (χ0n) is 9.52.